The standard InChI is InChI=1S/C20H24N2O4S/c1-21(2)11-12-22-15-5-4-6-16(23)19(15)27-18(17(24)20(22)25)13-7-9-14(26-3)10-8-13/h4-10,17-18,23-24H,11-12H2,1-3H3/t17-,18+/m1/s1. The van der Waals surface area contributed by atoms with Gasteiger partial charge in [-0.25, -0.2) is 0 Å². The number of hydrogen-bond donors (Lipinski definition) is 2. The van der Waals surface area contributed by atoms with E-state index in [-0.39, 0.29) is 11.7 Å². The van der Waals surface area contributed by atoms with Crippen LogP contribution in [0.5, 0.6) is 11.5 Å². The topological polar surface area (TPSA) is 73.2 Å². The molecular formula is C20H24N2O4S. The number of rotatable bonds is 5. The summed E-state index contributed by atoms with van der Waals surface area (Å²) >= 11 is 1.30. The molecular weight excluding hydrogens is 364 g/mol. The van der Waals surface area contributed by atoms with E-state index in [2.05, 4.69) is 0 Å². The van der Waals surface area contributed by atoms with Crippen molar-refractivity contribution in [3.63, 3.8) is 0 Å². The van der Waals surface area contributed by atoms with Gasteiger partial charge in [-0.05, 0) is 43.9 Å². The molecule has 2 aromatic carbocycles. The average Bonchev–Trinajstić information content (AvgIpc) is 2.76. The minimum atomic E-state index is -1.22. The van der Waals surface area contributed by atoms with Crippen molar-refractivity contribution in [1.29, 1.82) is 0 Å². The molecule has 0 spiro atoms. The molecule has 0 bridgehead atoms. The van der Waals surface area contributed by atoms with Crippen molar-refractivity contribution >= 4 is 23.4 Å². The van der Waals surface area contributed by atoms with E-state index in [4.69, 9.17) is 4.74 Å². The Morgan fingerprint density at radius 2 is 1.89 bits per heavy atom. The summed E-state index contributed by atoms with van der Waals surface area (Å²) in [7, 11) is 5.44. The number of anilines is 1. The predicted octanol–water partition coefficient (Wildman–Crippen LogP) is 2.50. The largest absolute Gasteiger partial charge is 0.507 e. The predicted molar refractivity (Wildman–Crippen MR) is 107 cm³/mol. The van der Waals surface area contributed by atoms with Crippen LogP contribution in [0.4, 0.5) is 5.69 Å². The Balaban J connectivity index is 2.02. The van der Waals surface area contributed by atoms with E-state index in [9.17, 15) is 15.0 Å². The van der Waals surface area contributed by atoms with Gasteiger partial charge in [0.15, 0.2) is 0 Å². The maximum Gasteiger partial charge on any atom is 0.257 e. The van der Waals surface area contributed by atoms with Gasteiger partial charge < -0.3 is 24.7 Å². The summed E-state index contributed by atoms with van der Waals surface area (Å²) in [5, 5.41) is 20.8. The smallest absolute Gasteiger partial charge is 0.257 e. The van der Waals surface area contributed by atoms with Crippen LogP contribution < -0.4 is 9.64 Å². The van der Waals surface area contributed by atoms with Gasteiger partial charge in [0.25, 0.3) is 5.91 Å². The molecule has 1 heterocycles. The Bertz CT molecular complexity index is 810. The SMILES string of the molecule is COc1ccc([C@@H]2Sc3c(O)cccc3N(CCN(C)C)C(=O)[C@@H]2O)cc1. The van der Waals surface area contributed by atoms with E-state index in [1.165, 1.54) is 11.8 Å². The monoisotopic (exact) mass is 388 g/mol. The van der Waals surface area contributed by atoms with E-state index in [1.807, 2.05) is 31.1 Å². The number of hydrogen-bond acceptors (Lipinski definition) is 6. The summed E-state index contributed by atoms with van der Waals surface area (Å²) in [5.41, 5.74) is 1.42. The molecule has 1 aliphatic rings. The van der Waals surface area contributed by atoms with Gasteiger partial charge in [0.2, 0.25) is 0 Å². The molecule has 1 aliphatic heterocycles. The Hall–Kier alpha value is -2.22. The van der Waals surface area contributed by atoms with Gasteiger partial charge in [-0.1, -0.05) is 18.2 Å². The Morgan fingerprint density at radius 1 is 1.19 bits per heavy atom. The van der Waals surface area contributed by atoms with Crippen LogP contribution in [0.15, 0.2) is 47.4 Å². The number of phenols is 1. The third-order valence-corrected chi connectivity index (χ3v) is 5.97. The number of aliphatic hydroxyl groups excluding tert-OH is 1. The minimum Gasteiger partial charge on any atom is -0.507 e. The van der Waals surface area contributed by atoms with Crippen molar-refractivity contribution in [3.8, 4) is 11.5 Å². The lowest BCUT2D eigenvalue weighted by atomic mass is 10.1. The maximum atomic E-state index is 13.1. The molecule has 0 aromatic heterocycles. The molecule has 144 valence electrons. The first-order valence-corrected chi connectivity index (χ1v) is 9.57. The number of likely N-dealkylation sites (N-methyl/N-ethyl adjacent to an activating group) is 1. The summed E-state index contributed by atoms with van der Waals surface area (Å²) in [4.78, 5) is 17.2. The minimum absolute atomic E-state index is 0.104. The fourth-order valence-corrected chi connectivity index (χ4v) is 4.30. The van der Waals surface area contributed by atoms with Crippen molar-refractivity contribution in [2.24, 2.45) is 0 Å². The van der Waals surface area contributed by atoms with Gasteiger partial charge in [-0.15, -0.1) is 11.8 Å². The summed E-state index contributed by atoms with van der Waals surface area (Å²) in [6, 6.07) is 12.4. The Labute approximate surface area is 163 Å². The lowest BCUT2D eigenvalue weighted by Gasteiger charge is -2.26. The first-order chi connectivity index (χ1) is 12.9. The average molecular weight is 388 g/mol. The number of nitrogens with zero attached hydrogens (tertiary/aromatic N) is 2. The summed E-state index contributed by atoms with van der Waals surface area (Å²) < 4.78 is 5.19. The lowest BCUT2D eigenvalue weighted by Crippen LogP contribution is -2.43. The summed E-state index contributed by atoms with van der Waals surface area (Å²) in [5.74, 6) is 0.441. The van der Waals surface area contributed by atoms with Crippen LogP contribution in [0, 0.1) is 0 Å². The normalized spacial score (nSPS) is 19.7. The first kappa shape index (κ1) is 19.5. The van der Waals surface area contributed by atoms with Gasteiger partial charge in [0.1, 0.15) is 17.6 Å². The lowest BCUT2D eigenvalue weighted by molar-refractivity contribution is -0.126. The fraction of sp³-hybridized carbons (Fsp3) is 0.350. The highest BCUT2D eigenvalue weighted by molar-refractivity contribution is 8.00. The van der Waals surface area contributed by atoms with E-state index < -0.39 is 11.4 Å². The van der Waals surface area contributed by atoms with E-state index >= 15 is 0 Å². The number of carbonyl (C=O) groups excluding carboxylic acids is 1. The molecule has 2 aromatic rings. The van der Waals surface area contributed by atoms with Crippen molar-refractivity contribution in [1.82, 2.24) is 4.90 Å². The number of aliphatic hydroxyl groups is 1. The van der Waals surface area contributed by atoms with E-state index in [1.54, 1.807) is 42.3 Å². The number of ether oxygens (including phenoxy) is 1. The maximum absolute atomic E-state index is 13.1. The zero-order chi connectivity index (χ0) is 19.6. The van der Waals surface area contributed by atoms with Crippen molar-refractivity contribution in [2.45, 2.75) is 16.2 Å². The number of fused-ring (bicyclic) bond motifs is 1. The van der Waals surface area contributed by atoms with Crippen LogP contribution in [-0.4, -0.2) is 61.4 Å². The van der Waals surface area contributed by atoms with Crippen LogP contribution in [-0.2, 0) is 4.79 Å². The highest BCUT2D eigenvalue weighted by atomic mass is 32.2. The van der Waals surface area contributed by atoms with Gasteiger partial charge in [-0.2, -0.15) is 0 Å². The van der Waals surface area contributed by atoms with Crippen LogP contribution in [0.2, 0.25) is 0 Å². The highest BCUT2D eigenvalue weighted by Crippen LogP contribution is 2.49. The molecule has 0 radical (unpaired) electrons. The third kappa shape index (κ3) is 4.05. The Kier molecular flexibility index (Phi) is 5.94. The van der Waals surface area contributed by atoms with Gasteiger partial charge >= 0.3 is 0 Å². The van der Waals surface area contributed by atoms with Gasteiger partial charge in [-0.3, -0.25) is 4.79 Å². The molecule has 1 amide bonds. The molecule has 2 atom stereocenters. The molecule has 6 nitrogen and oxygen atoms in total. The van der Waals surface area contributed by atoms with E-state index in [0.29, 0.717) is 29.4 Å². The number of thioether (sulfide) groups is 1. The summed E-state index contributed by atoms with van der Waals surface area (Å²) in [6.07, 6.45) is -1.22. The van der Waals surface area contributed by atoms with Crippen LogP contribution in [0.1, 0.15) is 10.8 Å². The molecule has 0 unspecified atom stereocenters. The van der Waals surface area contributed by atoms with E-state index in [0.717, 1.165) is 5.56 Å². The number of benzene rings is 2. The van der Waals surface area contributed by atoms with Crippen LogP contribution >= 0.6 is 11.8 Å². The van der Waals surface area contributed by atoms with Gasteiger partial charge in [0.05, 0.1) is 22.9 Å². The molecule has 7 heteroatoms. The number of methoxy groups -OCH3 is 1. The second-order valence-corrected chi connectivity index (χ2v) is 7.83. The van der Waals surface area contributed by atoms with Crippen LogP contribution in [0.25, 0.3) is 0 Å². The molecule has 3 rings (SSSR count). The number of carbonyl (C=O) groups is 1. The van der Waals surface area contributed by atoms with Crippen LogP contribution in [0.3, 0.4) is 0 Å². The summed E-state index contributed by atoms with van der Waals surface area (Å²) in [6.45, 7) is 1.07. The van der Waals surface area contributed by atoms with Crippen molar-refractivity contribution in [2.75, 3.05) is 39.2 Å². The third-order valence-electron chi connectivity index (χ3n) is 4.53. The number of amides is 1. The second kappa shape index (κ2) is 8.21. The molecule has 0 saturated heterocycles. The first-order valence-electron chi connectivity index (χ1n) is 8.69. The highest BCUT2D eigenvalue weighted by Gasteiger charge is 2.38. The fourth-order valence-electron chi connectivity index (χ4n) is 3.02. The van der Waals surface area contributed by atoms with Crippen molar-refractivity contribution < 1.29 is 19.7 Å². The Morgan fingerprint density at radius 3 is 2.52 bits per heavy atom. The second-order valence-electron chi connectivity index (χ2n) is 6.67. The zero-order valence-electron chi connectivity index (χ0n) is 15.6. The zero-order valence-corrected chi connectivity index (χ0v) is 16.4. The molecule has 0 aliphatic carbocycles. The number of aromatic hydroxyl groups is 1. The molecule has 0 fully saturated rings. The quantitative estimate of drug-likeness (QED) is 0.820. The molecule has 2 N–H and O–H groups in total. The number of phenolic OH excluding ortho intramolecular Hbond substituents is 1. The molecule has 0 saturated carbocycles. The molecule has 27 heavy (non-hydrogen) atoms. The van der Waals surface area contributed by atoms with Gasteiger partial charge in [0, 0.05) is 13.1 Å². The van der Waals surface area contributed by atoms with Crippen molar-refractivity contribution in [3.05, 3.63) is 48.0 Å².